The summed E-state index contributed by atoms with van der Waals surface area (Å²) in [6, 6.07) is 3.81. The van der Waals surface area contributed by atoms with Crippen molar-refractivity contribution in [2.75, 3.05) is 25.4 Å². The van der Waals surface area contributed by atoms with Crippen molar-refractivity contribution in [2.45, 2.75) is 19.9 Å². The molecule has 1 aromatic rings. The van der Waals surface area contributed by atoms with Gasteiger partial charge in [-0.1, -0.05) is 0 Å². The van der Waals surface area contributed by atoms with Gasteiger partial charge < -0.3 is 4.90 Å². The maximum absolute atomic E-state index is 12.7. The first-order valence-electron chi connectivity index (χ1n) is 7.67. The summed E-state index contributed by atoms with van der Waals surface area (Å²) in [7, 11) is -3.20. The van der Waals surface area contributed by atoms with Crippen molar-refractivity contribution in [3.63, 3.8) is 0 Å². The van der Waals surface area contributed by atoms with Gasteiger partial charge in [0.2, 0.25) is 15.9 Å². The molecule has 6 nitrogen and oxygen atoms in total. The molecule has 0 saturated carbocycles. The molecule has 2 unspecified atom stereocenters. The first kappa shape index (κ1) is 15.4. The van der Waals surface area contributed by atoms with Gasteiger partial charge in [-0.2, -0.15) is 0 Å². The predicted octanol–water partition coefficient (Wildman–Crippen LogP) is 0.712. The van der Waals surface area contributed by atoms with E-state index in [4.69, 9.17) is 0 Å². The van der Waals surface area contributed by atoms with Crippen LogP contribution in [0.3, 0.4) is 0 Å². The van der Waals surface area contributed by atoms with E-state index < -0.39 is 10.0 Å². The number of hydrogen-bond acceptors (Lipinski definition) is 4. The highest BCUT2D eigenvalue weighted by Crippen LogP contribution is 2.34. The molecule has 22 heavy (non-hydrogen) atoms. The van der Waals surface area contributed by atoms with Crippen molar-refractivity contribution in [3.8, 4) is 0 Å². The Morgan fingerprint density at radius 2 is 2.00 bits per heavy atom. The van der Waals surface area contributed by atoms with E-state index >= 15 is 0 Å². The normalized spacial score (nSPS) is 26.2. The molecule has 1 aromatic heterocycles. The Morgan fingerprint density at radius 3 is 2.68 bits per heavy atom. The zero-order valence-corrected chi connectivity index (χ0v) is 13.5. The molecular formula is C15H21N3O3S. The SMILES string of the molecule is CCS(=O)(=O)N1CC2CCN(Cc3ccncc3)C(=O)C2C1. The number of rotatable bonds is 4. The van der Waals surface area contributed by atoms with Crippen LogP contribution in [0.5, 0.6) is 0 Å². The summed E-state index contributed by atoms with van der Waals surface area (Å²) in [5, 5.41) is 0. The van der Waals surface area contributed by atoms with Crippen LogP contribution in [0, 0.1) is 11.8 Å². The van der Waals surface area contributed by atoms with Crippen LogP contribution in [0.25, 0.3) is 0 Å². The molecule has 120 valence electrons. The van der Waals surface area contributed by atoms with Gasteiger partial charge >= 0.3 is 0 Å². The summed E-state index contributed by atoms with van der Waals surface area (Å²) in [5.41, 5.74) is 1.05. The Hall–Kier alpha value is -1.47. The van der Waals surface area contributed by atoms with Crippen LogP contribution in [0.2, 0.25) is 0 Å². The van der Waals surface area contributed by atoms with Crippen LogP contribution in [0.15, 0.2) is 24.5 Å². The van der Waals surface area contributed by atoms with Crippen molar-refractivity contribution in [1.82, 2.24) is 14.2 Å². The Morgan fingerprint density at radius 1 is 1.27 bits per heavy atom. The lowest BCUT2D eigenvalue weighted by molar-refractivity contribution is -0.140. The van der Waals surface area contributed by atoms with Gasteiger partial charge in [0.05, 0.1) is 11.7 Å². The molecular weight excluding hydrogens is 302 g/mol. The van der Waals surface area contributed by atoms with Crippen LogP contribution in [-0.4, -0.2) is 53.9 Å². The Bertz CT molecular complexity index is 647. The number of hydrogen-bond donors (Lipinski definition) is 0. The summed E-state index contributed by atoms with van der Waals surface area (Å²) in [6.07, 6.45) is 4.31. The Kier molecular flexibility index (Phi) is 4.18. The number of piperidine rings is 1. The fraction of sp³-hybridized carbons (Fsp3) is 0.600. The number of pyridine rings is 1. The minimum Gasteiger partial charge on any atom is -0.338 e. The zero-order valence-electron chi connectivity index (χ0n) is 12.7. The van der Waals surface area contributed by atoms with E-state index in [2.05, 4.69) is 4.98 Å². The lowest BCUT2D eigenvalue weighted by Crippen LogP contribution is -2.44. The number of carbonyl (C=O) groups is 1. The number of fused-ring (bicyclic) bond motifs is 1. The molecule has 3 rings (SSSR count). The quantitative estimate of drug-likeness (QED) is 0.818. The fourth-order valence-corrected chi connectivity index (χ4v) is 4.52. The Balaban J connectivity index is 1.70. The highest BCUT2D eigenvalue weighted by Gasteiger charge is 2.45. The maximum Gasteiger partial charge on any atom is 0.227 e. The highest BCUT2D eigenvalue weighted by molar-refractivity contribution is 7.89. The molecule has 0 bridgehead atoms. The van der Waals surface area contributed by atoms with Crippen molar-refractivity contribution in [2.24, 2.45) is 11.8 Å². The minimum atomic E-state index is -3.20. The van der Waals surface area contributed by atoms with E-state index in [1.807, 2.05) is 17.0 Å². The van der Waals surface area contributed by atoms with E-state index in [9.17, 15) is 13.2 Å². The van der Waals surface area contributed by atoms with Gasteiger partial charge in [0.25, 0.3) is 0 Å². The van der Waals surface area contributed by atoms with Crippen molar-refractivity contribution < 1.29 is 13.2 Å². The maximum atomic E-state index is 12.7. The fourth-order valence-electron chi connectivity index (χ4n) is 3.35. The molecule has 2 aliphatic heterocycles. The molecule has 7 heteroatoms. The van der Waals surface area contributed by atoms with Gasteiger partial charge in [0.1, 0.15) is 0 Å². The van der Waals surface area contributed by atoms with E-state index in [-0.39, 0.29) is 23.5 Å². The summed E-state index contributed by atoms with van der Waals surface area (Å²) in [4.78, 5) is 18.5. The number of nitrogens with zero attached hydrogens (tertiary/aromatic N) is 3. The average Bonchev–Trinajstić information content (AvgIpc) is 2.97. The molecule has 1 amide bonds. The van der Waals surface area contributed by atoms with Crippen molar-refractivity contribution in [1.29, 1.82) is 0 Å². The molecule has 0 aliphatic carbocycles. The number of carbonyl (C=O) groups excluding carboxylic acids is 1. The van der Waals surface area contributed by atoms with E-state index in [0.717, 1.165) is 12.0 Å². The lowest BCUT2D eigenvalue weighted by atomic mass is 9.88. The summed E-state index contributed by atoms with van der Waals surface area (Å²) in [6.45, 7) is 3.75. The third-order valence-electron chi connectivity index (χ3n) is 4.69. The van der Waals surface area contributed by atoms with E-state index in [0.29, 0.717) is 26.2 Å². The predicted molar refractivity (Wildman–Crippen MR) is 82.3 cm³/mol. The molecule has 2 fully saturated rings. The third kappa shape index (κ3) is 2.87. The molecule has 0 aromatic carbocycles. The standard InChI is InChI=1S/C15H21N3O3S/c1-2-22(20,21)18-10-13-5-8-17(15(19)14(13)11-18)9-12-3-6-16-7-4-12/h3-4,6-7,13-14H,2,5,8-11H2,1H3. The molecule has 0 N–H and O–H groups in total. The van der Waals surface area contributed by atoms with Gasteiger partial charge in [0, 0.05) is 38.6 Å². The second-order valence-electron chi connectivity index (χ2n) is 5.99. The van der Waals surface area contributed by atoms with Crippen molar-refractivity contribution >= 4 is 15.9 Å². The smallest absolute Gasteiger partial charge is 0.227 e. The molecule has 2 saturated heterocycles. The average molecular weight is 323 g/mol. The third-order valence-corrected chi connectivity index (χ3v) is 6.50. The highest BCUT2D eigenvalue weighted by atomic mass is 32.2. The number of likely N-dealkylation sites (tertiary alicyclic amines) is 1. The first-order chi connectivity index (χ1) is 10.5. The number of amides is 1. The van der Waals surface area contributed by atoms with Crippen molar-refractivity contribution in [3.05, 3.63) is 30.1 Å². The number of aromatic nitrogens is 1. The zero-order chi connectivity index (χ0) is 15.7. The molecule has 3 heterocycles. The summed E-state index contributed by atoms with van der Waals surface area (Å²) < 4.78 is 25.5. The summed E-state index contributed by atoms with van der Waals surface area (Å²) in [5.74, 6) is 0.169. The van der Waals surface area contributed by atoms with Crippen LogP contribution in [-0.2, 0) is 21.4 Å². The monoisotopic (exact) mass is 323 g/mol. The van der Waals surface area contributed by atoms with E-state index in [1.165, 1.54) is 4.31 Å². The second kappa shape index (κ2) is 5.96. The number of sulfonamides is 1. The van der Waals surface area contributed by atoms with Gasteiger partial charge in [-0.25, -0.2) is 12.7 Å². The molecule has 2 atom stereocenters. The van der Waals surface area contributed by atoms with Gasteiger partial charge in [-0.05, 0) is 37.0 Å². The molecule has 0 radical (unpaired) electrons. The van der Waals surface area contributed by atoms with Crippen LogP contribution in [0.4, 0.5) is 0 Å². The first-order valence-corrected chi connectivity index (χ1v) is 9.27. The van der Waals surface area contributed by atoms with Gasteiger partial charge in [-0.15, -0.1) is 0 Å². The van der Waals surface area contributed by atoms with Crippen LogP contribution in [0.1, 0.15) is 18.9 Å². The van der Waals surface area contributed by atoms with Crippen LogP contribution < -0.4 is 0 Å². The van der Waals surface area contributed by atoms with Gasteiger partial charge in [-0.3, -0.25) is 9.78 Å². The Labute approximate surface area is 131 Å². The molecule has 0 spiro atoms. The largest absolute Gasteiger partial charge is 0.338 e. The molecule has 2 aliphatic rings. The summed E-state index contributed by atoms with van der Waals surface area (Å²) >= 11 is 0. The van der Waals surface area contributed by atoms with E-state index in [1.54, 1.807) is 19.3 Å². The van der Waals surface area contributed by atoms with Gasteiger partial charge in [0.15, 0.2) is 0 Å². The minimum absolute atomic E-state index is 0.0851. The van der Waals surface area contributed by atoms with Crippen LogP contribution >= 0.6 is 0 Å². The second-order valence-corrected chi connectivity index (χ2v) is 8.25. The lowest BCUT2D eigenvalue weighted by Gasteiger charge is -2.33. The topological polar surface area (TPSA) is 70.6 Å².